The number of fused-ring (bicyclic) bond motifs is 3. The third-order valence-corrected chi connectivity index (χ3v) is 6.63. The number of phenolic OH excluding ortho intramolecular Hbond substituents is 1. The van der Waals surface area contributed by atoms with E-state index in [1.807, 2.05) is 0 Å². The number of nitrogens with one attached hydrogen (secondary N) is 1. The quantitative estimate of drug-likeness (QED) is 0.253. The van der Waals surface area contributed by atoms with Crippen LogP contribution in [0.25, 0.3) is 44.3 Å². The lowest BCUT2D eigenvalue weighted by atomic mass is 10.0. The molecule has 1 aromatic heterocycles. The Hall–Kier alpha value is -4.09. The molecule has 0 spiro atoms. The van der Waals surface area contributed by atoms with E-state index in [4.69, 9.17) is 4.74 Å². The van der Waals surface area contributed by atoms with E-state index in [2.05, 4.69) is 9.97 Å². The third-order valence-electron chi connectivity index (χ3n) is 5.80. The van der Waals surface area contributed by atoms with Gasteiger partial charge in [0.15, 0.2) is 0 Å². The fraction of sp³-hybridized carbons (Fsp3) is 0.0800. The van der Waals surface area contributed by atoms with Crippen LogP contribution in [0.5, 0.6) is 11.5 Å². The number of phenols is 1. The largest absolute Gasteiger partial charge is 0.507 e. The molecule has 0 aliphatic carbocycles. The molecule has 0 aliphatic rings. The van der Waals surface area contributed by atoms with Gasteiger partial charge < -0.3 is 14.8 Å². The molecule has 5 rings (SSSR count). The van der Waals surface area contributed by atoms with Crippen molar-refractivity contribution in [3.63, 3.8) is 0 Å². The first-order chi connectivity index (χ1) is 17.0. The van der Waals surface area contributed by atoms with Gasteiger partial charge in [0.05, 0.1) is 34.0 Å². The average Bonchev–Trinajstić information content (AvgIpc) is 3.26. The number of halogens is 3. The van der Waals surface area contributed by atoms with Crippen LogP contribution in [0.2, 0.25) is 0 Å². The van der Waals surface area contributed by atoms with Gasteiger partial charge >= 0.3 is 6.18 Å². The second kappa shape index (κ2) is 8.25. The highest BCUT2D eigenvalue weighted by atomic mass is 32.2. The number of aromatic hydroxyl groups is 1. The van der Waals surface area contributed by atoms with Crippen molar-refractivity contribution >= 4 is 31.9 Å². The number of H-pyrrole nitrogens is 1. The van der Waals surface area contributed by atoms with Crippen LogP contribution in [-0.4, -0.2) is 35.2 Å². The zero-order valence-corrected chi connectivity index (χ0v) is 19.3. The van der Waals surface area contributed by atoms with E-state index in [0.717, 1.165) is 18.2 Å². The maximum Gasteiger partial charge on any atom is 0.416 e. The summed E-state index contributed by atoms with van der Waals surface area (Å²) in [4.78, 5) is 7.24. The summed E-state index contributed by atoms with van der Waals surface area (Å²) in [6, 6.07) is 15.3. The topological polar surface area (TPSA) is 113 Å². The maximum atomic E-state index is 13.1. The van der Waals surface area contributed by atoms with Crippen molar-refractivity contribution in [2.75, 3.05) is 7.11 Å². The summed E-state index contributed by atoms with van der Waals surface area (Å²) in [5, 5.41) is 11.1. The van der Waals surface area contributed by atoms with Crippen LogP contribution in [0.15, 0.2) is 71.6 Å². The number of nitrogens with zero attached hydrogens (tertiary/aromatic N) is 1. The molecule has 0 atom stereocenters. The summed E-state index contributed by atoms with van der Waals surface area (Å²) < 4.78 is 77.2. The molecule has 3 N–H and O–H groups in total. The van der Waals surface area contributed by atoms with Crippen LogP contribution in [0.1, 0.15) is 5.56 Å². The lowest BCUT2D eigenvalue weighted by Gasteiger charge is -2.11. The highest BCUT2D eigenvalue weighted by molar-refractivity contribution is 7.85. The van der Waals surface area contributed by atoms with Gasteiger partial charge in [0.2, 0.25) is 0 Å². The molecule has 0 fully saturated rings. The van der Waals surface area contributed by atoms with Crippen molar-refractivity contribution in [1.29, 1.82) is 0 Å². The molecule has 5 aromatic rings. The van der Waals surface area contributed by atoms with Crippen LogP contribution in [0, 0.1) is 0 Å². The number of aromatic amines is 1. The van der Waals surface area contributed by atoms with Gasteiger partial charge in [-0.1, -0.05) is 24.3 Å². The summed E-state index contributed by atoms with van der Waals surface area (Å²) in [7, 11) is -3.10. The number of imidazole rings is 1. The maximum absolute atomic E-state index is 13.1. The molecule has 0 aliphatic heterocycles. The van der Waals surface area contributed by atoms with Gasteiger partial charge in [0.25, 0.3) is 10.1 Å². The Bertz CT molecular complexity index is 1760. The minimum atomic E-state index is -4.52. The van der Waals surface area contributed by atoms with Gasteiger partial charge in [-0.15, -0.1) is 0 Å². The van der Waals surface area contributed by atoms with Gasteiger partial charge in [0.1, 0.15) is 22.8 Å². The van der Waals surface area contributed by atoms with E-state index in [1.54, 1.807) is 36.4 Å². The Morgan fingerprint density at radius 1 is 0.972 bits per heavy atom. The standard InChI is InChI=1S/C25H17F3N2O5S/c1-35-21-11-14(13-3-2-4-16(9-13)25(26,27)28)5-7-18(21)24-29-19-8-6-15-10-17(36(32,33)34)12-20(31)22(15)23(19)30-24/h2-12,31H,1H3,(H,29,30)(H,32,33,34). The fourth-order valence-electron chi connectivity index (χ4n) is 4.10. The molecular weight excluding hydrogens is 497 g/mol. The van der Waals surface area contributed by atoms with Crippen molar-refractivity contribution in [2.45, 2.75) is 11.1 Å². The first kappa shape index (κ1) is 23.6. The predicted molar refractivity (Wildman–Crippen MR) is 128 cm³/mol. The molecule has 0 bridgehead atoms. The summed E-state index contributed by atoms with van der Waals surface area (Å²) in [6.07, 6.45) is -4.47. The Labute approximate surface area is 202 Å². The van der Waals surface area contributed by atoms with Crippen LogP contribution in [-0.2, 0) is 16.3 Å². The number of methoxy groups -OCH3 is 1. The summed E-state index contributed by atoms with van der Waals surface area (Å²) in [6.45, 7) is 0. The molecular formula is C25H17F3N2O5S. The Morgan fingerprint density at radius 3 is 2.42 bits per heavy atom. The third kappa shape index (κ3) is 4.12. The lowest BCUT2D eigenvalue weighted by molar-refractivity contribution is -0.137. The number of hydrogen-bond acceptors (Lipinski definition) is 5. The number of aromatic nitrogens is 2. The van der Waals surface area contributed by atoms with Gasteiger partial charge in [-0.05, 0) is 52.9 Å². The van der Waals surface area contributed by atoms with Crippen molar-refractivity contribution in [3.05, 3.63) is 72.3 Å². The van der Waals surface area contributed by atoms with Gasteiger partial charge in [-0.2, -0.15) is 21.6 Å². The predicted octanol–water partition coefficient (Wildman–Crippen LogP) is 6.03. The normalized spacial score (nSPS) is 12.4. The molecule has 184 valence electrons. The summed E-state index contributed by atoms with van der Waals surface area (Å²) in [5.41, 5.74) is 1.53. The number of rotatable bonds is 4. The molecule has 0 saturated heterocycles. The monoisotopic (exact) mass is 514 g/mol. The minimum absolute atomic E-state index is 0.280. The smallest absolute Gasteiger partial charge is 0.416 e. The van der Waals surface area contributed by atoms with E-state index in [0.29, 0.717) is 44.7 Å². The molecule has 36 heavy (non-hydrogen) atoms. The number of hydrogen-bond donors (Lipinski definition) is 3. The first-order valence-electron chi connectivity index (χ1n) is 10.4. The van der Waals surface area contributed by atoms with E-state index < -0.39 is 26.8 Å². The Balaban J connectivity index is 1.63. The Kier molecular flexibility index (Phi) is 5.42. The molecule has 0 radical (unpaired) electrons. The molecule has 11 heteroatoms. The fourth-order valence-corrected chi connectivity index (χ4v) is 4.64. The number of benzene rings is 4. The van der Waals surface area contributed by atoms with E-state index in [1.165, 1.54) is 19.2 Å². The molecule has 7 nitrogen and oxygen atoms in total. The highest BCUT2D eigenvalue weighted by Gasteiger charge is 2.30. The van der Waals surface area contributed by atoms with Crippen molar-refractivity contribution < 1.29 is 36.0 Å². The average molecular weight is 514 g/mol. The second-order valence-electron chi connectivity index (χ2n) is 8.06. The molecule has 0 unspecified atom stereocenters. The highest BCUT2D eigenvalue weighted by Crippen LogP contribution is 2.39. The summed E-state index contributed by atoms with van der Waals surface area (Å²) in [5.74, 6) is 0.338. The molecule has 4 aromatic carbocycles. The number of alkyl halides is 3. The first-order valence-corrected chi connectivity index (χ1v) is 11.9. The van der Waals surface area contributed by atoms with E-state index in [-0.39, 0.29) is 11.1 Å². The molecule has 0 amide bonds. The van der Waals surface area contributed by atoms with Gasteiger partial charge in [-0.25, -0.2) is 4.98 Å². The molecule has 0 saturated carbocycles. The van der Waals surface area contributed by atoms with E-state index >= 15 is 0 Å². The molecule has 1 heterocycles. The SMILES string of the molecule is COc1cc(-c2cccc(C(F)(F)F)c2)ccc1-c1nc2c(ccc3cc(S(=O)(=O)O)cc(O)c32)[nH]1. The van der Waals surface area contributed by atoms with Crippen LogP contribution >= 0.6 is 0 Å². The summed E-state index contributed by atoms with van der Waals surface area (Å²) >= 11 is 0. The second-order valence-corrected chi connectivity index (χ2v) is 9.48. The van der Waals surface area contributed by atoms with Crippen LogP contribution in [0.3, 0.4) is 0 Å². The van der Waals surface area contributed by atoms with Crippen molar-refractivity contribution in [3.8, 4) is 34.0 Å². The Morgan fingerprint density at radius 2 is 1.72 bits per heavy atom. The zero-order chi connectivity index (χ0) is 25.8. The number of ether oxygens (including phenoxy) is 1. The van der Waals surface area contributed by atoms with Crippen molar-refractivity contribution in [1.82, 2.24) is 9.97 Å². The van der Waals surface area contributed by atoms with Crippen LogP contribution < -0.4 is 4.74 Å². The van der Waals surface area contributed by atoms with Crippen LogP contribution in [0.4, 0.5) is 13.2 Å². The lowest BCUT2D eigenvalue weighted by Crippen LogP contribution is -2.04. The minimum Gasteiger partial charge on any atom is -0.507 e. The van der Waals surface area contributed by atoms with Gasteiger partial charge in [-0.3, -0.25) is 4.55 Å². The zero-order valence-electron chi connectivity index (χ0n) is 18.5. The van der Waals surface area contributed by atoms with Gasteiger partial charge in [0, 0.05) is 6.07 Å². The van der Waals surface area contributed by atoms with Crippen molar-refractivity contribution in [2.24, 2.45) is 0 Å². The van der Waals surface area contributed by atoms with E-state index in [9.17, 15) is 31.2 Å².